The van der Waals surface area contributed by atoms with Gasteiger partial charge in [-0.25, -0.2) is 9.67 Å². The molecule has 0 amide bonds. The summed E-state index contributed by atoms with van der Waals surface area (Å²) in [5.74, 6) is 2.52. The van der Waals surface area contributed by atoms with Crippen LogP contribution in [0, 0.1) is 0 Å². The minimum atomic E-state index is 0.249. The van der Waals surface area contributed by atoms with Crippen molar-refractivity contribution in [3.05, 3.63) is 90.0 Å². The topological polar surface area (TPSA) is 100 Å². The van der Waals surface area contributed by atoms with Gasteiger partial charge in [0.05, 0.1) is 17.6 Å². The Morgan fingerprint density at radius 1 is 0.853 bits per heavy atom. The molecule has 5 aromatic rings. The van der Waals surface area contributed by atoms with Crippen molar-refractivity contribution >= 4 is 22.8 Å². The van der Waals surface area contributed by atoms with Gasteiger partial charge in [-0.2, -0.15) is 4.98 Å². The van der Waals surface area contributed by atoms with Crippen LogP contribution in [0.2, 0.25) is 0 Å². The van der Waals surface area contributed by atoms with Crippen LogP contribution in [0.4, 0.5) is 11.8 Å². The standard InChI is InChI=1S/C26H22N6O2/c27-24-22-23(19-9-5-2-6-10-19)29-26(28-14-18-11-12-20-21(13-18)34-16-33-20)30-25(22)31-32(24)15-17-7-3-1-4-8-17/h1-13H,14-16,27H2,(H,28,30,31). The number of nitrogens with one attached hydrogen (secondary N) is 1. The van der Waals surface area contributed by atoms with Crippen LogP contribution in [0.5, 0.6) is 11.5 Å². The van der Waals surface area contributed by atoms with Crippen molar-refractivity contribution in [2.45, 2.75) is 13.1 Å². The molecule has 3 N–H and O–H groups in total. The van der Waals surface area contributed by atoms with E-state index in [2.05, 4.69) is 10.3 Å². The number of fused-ring (bicyclic) bond motifs is 2. The number of anilines is 2. The third-order valence-electron chi connectivity index (χ3n) is 5.75. The molecule has 0 atom stereocenters. The molecule has 3 heterocycles. The van der Waals surface area contributed by atoms with Gasteiger partial charge >= 0.3 is 0 Å². The fourth-order valence-corrected chi connectivity index (χ4v) is 4.05. The number of hydrogen-bond donors (Lipinski definition) is 2. The molecule has 0 spiro atoms. The quantitative estimate of drug-likeness (QED) is 0.394. The summed E-state index contributed by atoms with van der Waals surface area (Å²) in [5.41, 5.74) is 11.0. The molecule has 0 unspecified atom stereocenters. The molecule has 0 radical (unpaired) electrons. The summed E-state index contributed by atoms with van der Waals surface area (Å²) in [5, 5.41) is 8.79. The number of rotatable bonds is 6. The normalized spacial score (nSPS) is 12.2. The molecule has 34 heavy (non-hydrogen) atoms. The molecule has 8 nitrogen and oxygen atoms in total. The Morgan fingerprint density at radius 3 is 2.44 bits per heavy atom. The van der Waals surface area contributed by atoms with Gasteiger partial charge in [0, 0.05) is 12.1 Å². The average Bonchev–Trinajstić information content (AvgIpc) is 3.47. The van der Waals surface area contributed by atoms with Crippen molar-refractivity contribution in [1.29, 1.82) is 0 Å². The molecule has 0 saturated carbocycles. The molecule has 0 bridgehead atoms. The molecular formula is C26H22N6O2. The second kappa shape index (κ2) is 8.40. The predicted molar refractivity (Wildman–Crippen MR) is 131 cm³/mol. The molecule has 0 saturated heterocycles. The Kier molecular flexibility index (Phi) is 4.95. The first-order valence-corrected chi connectivity index (χ1v) is 11.0. The van der Waals surface area contributed by atoms with E-state index in [0.29, 0.717) is 30.5 Å². The molecule has 8 heteroatoms. The zero-order valence-electron chi connectivity index (χ0n) is 18.3. The fourth-order valence-electron chi connectivity index (χ4n) is 4.05. The summed E-state index contributed by atoms with van der Waals surface area (Å²) < 4.78 is 12.7. The number of nitrogens with two attached hydrogens (primary N) is 1. The van der Waals surface area contributed by atoms with E-state index in [-0.39, 0.29) is 6.79 Å². The van der Waals surface area contributed by atoms with Crippen LogP contribution in [0.15, 0.2) is 78.9 Å². The minimum absolute atomic E-state index is 0.249. The number of nitrogen functional groups attached to an aromatic ring is 1. The summed E-state index contributed by atoms with van der Waals surface area (Å²) in [6, 6.07) is 25.9. The summed E-state index contributed by atoms with van der Waals surface area (Å²) in [6.45, 7) is 1.33. The maximum atomic E-state index is 6.57. The van der Waals surface area contributed by atoms with E-state index in [0.717, 1.165) is 39.3 Å². The van der Waals surface area contributed by atoms with Crippen molar-refractivity contribution in [3.63, 3.8) is 0 Å². The number of benzene rings is 3. The first kappa shape index (κ1) is 20.0. The third kappa shape index (κ3) is 3.75. The lowest BCUT2D eigenvalue weighted by molar-refractivity contribution is 0.174. The summed E-state index contributed by atoms with van der Waals surface area (Å²) in [6.07, 6.45) is 0. The van der Waals surface area contributed by atoms with Crippen molar-refractivity contribution in [3.8, 4) is 22.8 Å². The Hall–Kier alpha value is -4.59. The van der Waals surface area contributed by atoms with Crippen molar-refractivity contribution in [2.24, 2.45) is 0 Å². The number of hydrogen-bond acceptors (Lipinski definition) is 7. The van der Waals surface area contributed by atoms with Crippen molar-refractivity contribution < 1.29 is 9.47 Å². The number of ether oxygens (including phenoxy) is 2. The highest BCUT2D eigenvalue weighted by atomic mass is 16.7. The highest BCUT2D eigenvalue weighted by molar-refractivity contribution is 5.98. The zero-order chi connectivity index (χ0) is 22.9. The second-order valence-corrected chi connectivity index (χ2v) is 8.03. The zero-order valence-corrected chi connectivity index (χ0v) is 18.3. The second-order valence-electron chi connectivity index (χ2n) is 8.03. The van der Waals surface area contributed by atoms with E-state index in [1.807, 2.05) is 78.9 Å². The maximum absolute atomic E-state index is 6.57. The largest absolute Gasteiger partial charge is 0.454 e. The van der Waals surface area contributed by atoms with Gasteiger partial charge in [-0.05, 0) is 23.3 Å². The van der Waals surface area contributed by atoms with Crippen molar-refractivity contribution in [1.82, 2.24) is 19.7 Å². The van der Waals surface area contributed by atoms with Crippen LogP contribution in [0.25, 0.3) is 22.3 Å². The van der Waals surface area contributed by atoms with Gasteiger partial charge in [-0.3, -0.25) is 0 Å². The van der Waals surface area contributed by atoms with Crippen LogP contribution < -0.4 is 20.5 Å². The number of nitrogens with zero attached hydrogens (tertiary/aromatic N) is 4. The minimum Gasteiger partial charge on any atom is -0.454 e. The maximum Gasteiger partial charge on any atom is 0.231 e. The predicted octanol–water partition coefficient (Wildman–Crippen LogP) is 4.46. The molecule has 168 valence electrons. The smallest absolute Gasteiger partial charge is 0.231 e. The van der Waals surface area contributed by atoms with Gasteiger partial charge < -0.3 is 20.5 Å². The van der Waals surface area contributed by atoms with Gasteiger partial charge in [0.1, 0.15) is 5.82 Å². The van der Waals surface area contributed by atoms with E-state index >= 15 is 0 Å². The Balaban J connectivity index is 1.38. The van der Waals surface area contributed by atoms with Crippen LogP contribution in [-0.2, 0) is 13.1 Å². The van der Waals surface area contributed by atoms with E-state index in [1.165, 1.54) is 0 Å². The lowest BCUT2D eigenvalue weighted by atomic mass is 10.1. The SMILES string of the molecule is Nc1c2c(-c3ccccc3)nc(NCc3ccc4c(c3)OCO4)nc2nn1Cc1ccccc1. The lowest BCUT2D eigenvalue weighted by Crippen LogP contribution is -2.05. The molecule has 2 aromatic heterocycles. The lowest BCUT2D eigenvalue weighted by Gasteiger charge is -2.09. The molecule has 1 aliphatic rings. The van der Waals surface area contributed by atoms with E-state index in [1.54, 1.807) is 4.68 Å². The van der Waals surface area contributed by atoms with Crippen molar-refractivity contribution in [2.75, 3.05) is 17.8 Å². The van der Waals surface area contributed by atoms with E-state index < -0.39 is 0 Å². The molecule has 6 rings (SSSR count). The van der Waals surface area contributed by atoms with Crippen LogP contribution in [0.3, 0.4) is 0 Å². The Morgan fingerprint density at radius 2 is 1.62 bits per heavy atom. The number of aromatic nitrogens is 4. The first-order chi connectivity index (χ1) is 16.7. The Bertz CT molecular complexity index is 1470. The van der Waals surface area contributed by atoms with Gasteiger partial charge in [0.15, 0.2) is 17.1 Å². The van der Waals surface area contributed by atoms with Gasteiger partial charge in [0.25, 0.3) is 0 Å². The van der Waals surface area contributed by atoms with Gasteiger partial charge in [0.2, 0.25) is 12.7 Å². The molecule has 0 fully saturated rings. The van der Waals surface area contributed by atoms with Crippen LogP contribution >= 0.6 is 0 Å². The van der Waals surface area contributed by atoms with Crippen LogP contribution in [0.1, 0.15) is 11.1 Å². The fraction of sp³-hybridized carbons (Fsp3) is 0.115. The molecule has 1 aliphatic heterocycles. The molecule has 3 aromatic carbocycles. The molecular weight excluding hydrogens is 428 g/mol. The third-order valence-corrected chi connectivity index (χ3v) is 5.75. The van der Waals surface area contributed by atoms with Gasteiger partial charge in [-0.15, -0.1) is 5.10 Å². The van der Waals surface area contributed by atoms with E-state index in [4.69, 9.17) is 25.3 Å². The first-order valence-electron chi connectivity index (χ1n) is 11.0. The summed E-state index contributed by atoms with van der Waals surface area (Å²) in [7, 11) is 0. The average molecular weight is 451 g/mol. The van der Waals surface area contributed by atoms with E-state index in [9.17, 15) is 0 Å². The highest BCUT2D eigenvalue weighted by Gasteiger charge is 2.19. The highest BCUT2D eigenvalue weighted by Crippen LogP contribution is 2.34. The molecule has 0 aliphatic carbocycles. The Labute approximate surface area is 196 Å². The van der Waals surface area contributed by atoms with Crippen LogP contribution in [-0.4, -0.2) is 26.5 Å². The van der Waals surface area contributed by atoms with Gasteiger partial charge in [-0.1, -0.05) is 66.7 Å². The summed E-state index contributed by atoms with van der Waals surface area (Å²) in [4.78, 5) is 9.51. The monoisotopic (exact) mass is 450 g/mol. The summed E-state index contributed by atoms with van der Waals surface area (Å²) >= 11 is 0.